The summed E-state index contributed by atoms with van der Waals surface area (Å²) < 4.78 is 27.1. The van der Waals surface area contributed by atoms with Crippen LogP contribution in [-0.2, 0) is 16.6 Å². The van der Waals surface area contributed by atoms with Crippen LogP contribution < -0.4 is 5.32 Å². The fraction of sp³-hybridized carbons (Fsp3) is 0.312. The van der Waals surface area contributed by atoms with E-state index < -0.39 is 10.0 Å². The third kappa shape index (κ3) is 3.20. The molecule has 0 aliphatic carbocycles. The number of aryl methyl sites for hydroxylation is 1. The minimum Gasteiger partial charge on any atom is -0.378 e. The number of hydrogen-bond acceptors (Lipinski definition) is 6. The van der Waals surface area contributed by atoms with Crippen LogP contribution in [0, 0.1) is 13.8 Å². The highest BCUT2D eigenvalue weighted by Crippen LogP contribution is 2.22. The van der Waals surface area contributed by atoms with E-state index in [1.165, 1.54) is 18.4 Å². The van der Waals surface area contributed by atoms with Crippen molar-refractivity contribution in [3.05, 3.63) is 47.4 Å². The molecule has 0 bridgehead atoms. The summed E-state index contributed by atoms with van der Waals surface area (Å²) >= 11 is 0. The Labute approximate surface area is 146 Å². The number of hydrogen-bond donors (Lipinski definition) is 1. The summed E-state index contributed by atoms with van der Waals surface area (Å²) in [6, 6.07) is 6.83. The number of benzene rings is 1. The fourth-order valence-corrected chi connectivity index (χ4v) is 3.35. The topological polar surface area (TPSA) is 92.5 Å². The molecular weight excluding hydrogens is 340 g/mol. The summed E-state index contributed by atoms with van der Waals surface area (Å²) in [5, 5.41) is 15.7. The zero-order valence-corrected chi connectivity index (χ0v) is 15.4. The van der Waals surface area contributed by atoms with E-state index in [0.717, 1.165) is 22.5 Å². The van der Waals surface area contributed by atoms with Gasteiger partial charge in [0.05, 0.1) is 16.3 Å². The van der Waals surface area contributed by atoms with Gasteiger partial charge in [0.25, 0.3) is 0 Å². The van der Waals surface area contributed by atoms with Crippen LogP contribution in [0.4, 0.5) is 5.69 Å². The van der Waals surface area contributed by atoms with Crippen molar-refractivity contribution in [1.82, 2.24) is 24.1 Å². The number of nitrogens with zero attached hydrogens (tertiary/aromatic N) is 5. The van der Waals surface area contributed by atoms with Gasteiger partial charge < -0.3 is 5.32 Å². The summed E-state index contributed by atoms with van der Waals surface area (Å²) in [6.45, 7) is 4.45. The maximum atomic E-state index is 12.1. The summed E-state index contributed by atoms with van der Waals surface area (Å²) in [5.74, 6) is 0. The van der Waals surface area contributed by atoms with Crippen molar-refractivity contribution in [2.45, 2.75) is 25.3 Å². The second-order valence-corrected chi connectivity index (χ2v) is 8.12. The SMILES string of the molecule is Cc1nn2cnnc2c(NCc2ccc(S(=O)(=O)N(C)C)cc2)c1C. The molecule has 132 valence electrons. The Morgan fingerprint density at radius 2 is 1.84 bits per heavy atom. The normalized spacial score (nSPS) is 12.0. The quantitative estimate of drug-likeness (QED) is 0.743. The lowest BCUT2D eigenvalue weighted by molar-refractivity contribution is 0.520. The first kappa shape index (κ1) is 17.3. The predicted molar refractivity (Wildman–Crippen MR) is 94.9 cm³/mol. The Hall–Kier alpha value is -2.52. The summed E-state index contributed by atoms with van der Waals surface area (Å²) in [6.07, 6.45) is 1.56. The van der Waals surface area contributed by atoms with E-state index in [1.807, 2.05) is 13.8 Å². The van der Waals surface area contributed by atoms with Crippen LogP contribution in [0.3, 0.4) is 0 Å². The number of nitrogens with one attached hydrogen (secondary N) is 1. The molecule has 0 aliphatic rings. The minimum atomic E-state index is -3.41. The van der Waals surface area contributed by atoms with Gasteiger partial charge in [-0.15, -0.1) is 10.2 Å². The molecule has 0 saturated carbocycles. The van der Waals surface area contributed by atoms with Crippen LogP contribution in [0.15, 0.2) is 35.5 Å². The molecule has 8 nitrogen and oxygen atoms in total. The van der Waals surface area contributed by atoms with Crippen molar-refractivity contribution in [2.24, 2.45) is 0 Å². The lowest BCUT2D eigenvalue weighted by atomic mass is 10.2. The molecule has 1 N–H and O–H groups in total. The first-order valence-electron chi connectivity index (χ1n) is 7.73. The van der Waals surface area contributed by atoms with Crippen LogP contribution in [-0.4, -0.2) is 46.6 Å². The maximum absolute atomic E-state index is 12.1. The molecular formula is C16H20N6O2S. The Balaban J connectivity index is 1.83. The number of rotatable bonds is 5. The minimum absolute atomic E-state index is 0.275. The van der Waals surface area contributed by atoms with Gasteiger partial charge in [0.2, 0.25) is 15.7 Å². The average Bonchev–Trinajstić information content (AvgIpc) is 3.03. The molecule has 0 radical (unpaired) electrons. The molecule has 0 aliphatic heterocycles. The molecule has 2 heterocycles. The number of anilines is 1. The highest BCUT2D eigenvalue weighted by Gasteiger charge is 2.16. The Bertz CT molecular complexity index is 1010. The summed E-state index contributed by atoms with van der Waals surface area (Å²) in [4.78, 5) is 0.275. The number of sulfonamides is 1. The van der Waals surface area contributed by atoms with E-state index in [2.05, 4.69) is 20.6 Å². The molecule has 25 heavy (non-hydrogen) atoms. The van der Waals surface area contributed by atoms with Crippen LogP contribution >= 0.6 is 0 Å². The van der Waals surface area contributed by atoms with Gasteiger partial charge in [0.15, 0.2) is 0 Å². The molecule has 0 amide bonds. The lowest BCUT2D eigenvalue weighted by Crippen LogP contribution is -2.22. The molecule has 2 aromatic heterocycles. The van der Waals surface area contributed by atoms with Gasteiger partial charge >= 0.3 is 0 Å². The molecule has 0 fully saturated rings. The maximum Gasteiger partial charge on any atom is 0.242 e. The van der Waals surface area contributed by atoms with Gasteiger partial charge in [-0.3, -0.25) is 0 Å². The van der Waals surface area contributed by atoms with E-state index in [9.17, 15) is 8.42 Å². The molecule has 3 rings (SSSR count). The molecule has 0 saturated heterocycles. The number of aromatic nitrogens is 4. The fourth-order valence-electron chi connectivity index (χ4n) is 2.45. The third-order valence-electron chi connectivity index (χ3n) is 4.10. The van der Waals surface area contributed by atoms with Crippen molar-refractivity contribution >= 4 is 21.4 Å². The van der Waals surface area contributed by atoms with Crippen molar-refractivity contribution < 1.29 is 8.42 Å². The molecule has 0 spiro atoms. The van der Waals surface area contributed by atoms with Crippen molar-refractivity contribution in [3.8, 4) is 0 Å². The molecule has 1 aromatic carbocycles. The Morgan fingerprint density at radius 1 is 1.16 bits per heavy atom. The van der Waals surface area contributed by atoms with E-state index in [4.69, 9.17) is 0 Å². The molecule has 0 unspecified atom stereocenters. The largest absolute Gasteiger partial charge is 0.378 e. The second-order valence-electron chi connectivity index (χ2n) is 5.97. The van der Waals surface area contributed by atoms with Gasteiger partial charge in [-0.05, 0) is 37.1 Å². The van der Waals surface area contributed by atoms with E-state index >= 15 is 0 Å². The van der Waals surface area contributed by atoms with Gasteiger partial charge in [0, 0.05) is 20.6 Å². The van der Waals surface area contributed by atoms with Gasteiger partial charge in [-0.25, -0.2) is 12.7 Å². The van der Waals surface area contributed by atoms with Gasteiger partial charge in [0.1, 0.15) is 6.33 Å². The Morgan fingerprint density at radius 3 is 2.48 bits per heavy atom. The van der Waals surface area contributed by atoms with Crippen molar-refractivity contribution in [3.63, 3.8) is 0 Å². The van der Waals surface area contributed by atoms with E-state index in [-0.39, 0.29) is 4.90 Å². The number of fused-ring (bicyclic) bond motifs is 1. The average molecular weight is 360 g/mol. The lowest BCUT2D eigenvalue weighted by Gasteiger charge is -2.13. The second kappa shape index (κ2) is 6.41. The molecule has 9 heteroatoms. The Kier molecular flexibility index (Phi) is 4.44. The third-order valence-corrected chi connectivity index (χ3v) is 5.93. The van der Waals surface area contributed by atoms with Gasteiger partial charge in [-0.2, -0.15) is 9.61 Å². The predicted octanol–water partition coefficient (Wildman–Crippen LogP) is 1.60. The monoisotopic (exact) mass is 360 g/mol. The summed E-state index contributed by atoms with van der Waals surface area (Å²) in [5.41, 5.74) is 4.39. The molecule has 3 aromatic rings. The zero-order valence-electron chi connectivity index (χ0n) is 14.6. The highest BCUT2D eigenvalue weighted by molar-refractivity contribution is 7.89. The smallest absolute Gasteiger partial charge is 0.242 e. The van der Waals surface area contributed by atoms with Crippen molar-refractivity contribution in [2.75, 3.05) is 19.4 Å². The van der Waals surface area contributed by atoms with Crippen LogP contribution in [0.2, 0.25) is 0 Å². The first-order chi connectivity index (χ1) is 11.8. The van der Waals surface area contributed by atoms with Crippen molar-refractivity contribution in [1.29, 1.82) is 0 Å². The van der Waals surface area contributed by atoms with Crippen LogP contribution in [0.1, 0.15) is 16.8 Å². The zero-order chi connectivity index (χ0) is 18.2. The highest BCUT2D eigenvalue weighted by atomic mass is 32.2. The first-order valence-corrected chi connectivity index (χ1v) is 9.17. The standard InChI is InChI=1S/C16H20N6O2S/c1-11-12(2)20-22-10-18-19-16(22)15(11)17-9-13-5-7-14(8-6-13)25(23,24)21(3)4/h5-8,10,17H,9H2,1-4H3. The van der Waals surface area contributed by atoms with E-state index in [0.29, 0.717) is 12.2 Å². The van der Waals surface area contributed by atoms with Crippen LogP contribution in [0.25, 0.3) is 5.65 Å². The van der Waals surface area contributed by atoms with Crippen LogP contribution in [0.5, 0.6) is 0 Å². The molecule has 0 atom stereocenters. The van der Waals surface area contributed by atoms with Gasteiger partial charge in [-0.1, -0.05) is 12.1 Å². The summed E-state index contributed by atoms with van der Waals surface area (Å²) in [7, 11) is -0.377. The van der Waals surface area contributed by atoms with E-state index in [1.54, 1.807) is 35.1 Å².